The molecular weight excluding hydrogens is 230 g/mol. The Hall–Kier alpha value is -1.84. The van der Waals surface area contributed by atoms with E-state index >= 15 is 0 Å². The molecule has 0 aliphatic carbocycles. The summed E-state index contributed by atoms with van der Waals surface area (Å²) in [5, 5.41) is 2.52. The normalized spacial score (nSPS) is 12.0. The zero-order chi connectivity index (χ0) is 13.5. The Morgan fingerprint density at radius 1 is 1.17 bits per heavy atom. The predicted octanol–water partition coefficient (Wildman–Crippen LogP) is 2.53. The van der Waals surface area contributed by atoms with Gasteiger partial charge in [0.05, 0.1) is 6.04 Å². The van der Waals surface area contributed by atoms with E-state index < -0.39 is 12.1 Å². The average molecular weight is 249 g/mol. The number of alkyl carbamates (subject to hydrolysis) is 1. The Labute approximate surface area is 107 Å². The second-order valence-corrected chi connectivity index (χ2v) is 4.48. The summed E-state index contributed by atoms with van der Waals surface area (Å²) in [6.07, 6.45) is -0.569. The van der Waals surface area contributed by atoms with Gasteiger partial charge in [-0.2, -0.15) is 0 Å². The van der Waals surface area contributed by atoms with E-state index in [-0.39, 0.29) is 18.3 Å². The number of hydrogen-bond donors (Lipinski definition) is 1. The van der Waals surface area contributed by atoms with E-state index in [1.807, 2.05) is 30.3 Å². The lowest BCUT2D eigenvalue weighted by Crippen LogP contribution is -2.40. The summed E-state index contributed by atoms with van der Waals surface area (Å²) in [4.78, 5) is 23.1. The van der Waals surface area contributed by atoms with Gasteiger partial charge < -0.3 is 10.1 Å². The van der Waals surface area contributed by atoms with Gasteiger partial charge in [-0.05, 0) is 12.5 Å². The first kappa shape index (κ1) is 14.2. The highest BCUT2D eigenvalue weighted by Gasteiger charge is 2.18. The SMILES string of the molecule is CC(C)C(=O)[C@H](C)NC(=O)OCc1ccccc1. The minimum atomic E-state index is -0.569. The van der Waals surface area contributed by atoms with Crippen LogP contribution >= 0.6 is 0 Å². The molecule has 0 saturated carbocycles. The van der Waals surface area contributed by atoms with Crippen molar-refractivity contribution in [3.8, 4) is 0 Å². The largest absolute Gasteiger partial charge is 0.445 e. The predicted molar refractivity (Wildman–Crippen MR) is 69.1 cm³/mol. The van der Waals surface area contributed by atoms with E-state index in [1.165, 1.54) is 0 Å². The van der Waals surface area contributed by atoms with Crippen LogP contribution in [0.2, 0.25) is 0 Å². The fourth-order valence-corrected chi connectivity index (χ4v) is 1.51. The van der Waals surface area contributed by atoms with E-state index in [2.05, 4.69) is 5.32 Å². The van der Waals surface area contributed by atoms with Crippen molar-refractivity contribution in [2.24, 2.45) is 5.92 Å². The number of ketones is 1. The van der Waals surface area contributed by atoms with Crippen molar-refractivity contribution in [2.45, 2.75) is 33.4 Å². The number of Topliss-reactive ketones (excluding diaryl/α,β-unsaturated/α-hetero) is 1. The summed E-state index contributed by atoms with van der Waals surface area (Å²) in [7, 11) is 0. The summed E-state index contributed by atoms with van der Waals surface area (Å²) in [6, 6.07) is 8.87. The molecule has 0 aliphatic heterocycles. The highest BCUT2D eigenvalue weighted by molar-refractivity contribution is 5.88. The van der Waals surface area contributed by atoms with Gasteiger partial charge in [-0.25, -0.2) is 4.79 Å². The molecule has 1 amide bonds. The van der Waals surface area contributed by atoms with Crippen LogP contribution in [-0.2, 0) is 16.1 Å². The maximum atomic E-state index is 11.6. The van der Waals surface area contributed by atoms with Crippen molar-refractivity contribution in [1.82, 2.24) is 5.32 Å². The molecule has 0 spiro atoms. The van der Waals surface area contributed by atoms with Gasteiger partial charge in [0.2, 0.25) is 0 Å². The van der Waals surface area contributed by atoms with Crippen molar-refractivity contribution < 1.29 is 14.3 Å². The Morgan fingerprint density at radius 2 is 1.78 bits per heavy atom. The first-order valence-corrected chi connectivity index (χ1v) is 6.01. The fraction of sp³-hybridized carbons (Fsp3) is 0.429. The first-order chi connectivity index (χ1) is 8.50. The molecule has 98 valence electrons. The third-order valence-corrected chi connectivity index (χ3v) is 2.54. The van der Waals surface area contributed by atoms with Crippen LogP contribution in [0.3, 0.4) is 0 Å². The van der Waals surface area contributed by atoms with Gasteiger partial charge in [-0.15, -0.1) is 0 Å². The number of benzene rings is 1. The second kappa shape index (κ2) is 6.79. The lowest BCUT2D eigenvalue weighted by molar-refractivity contribution is -0.123. The molecule has 0 fully saturated rings. The maximum Gasteiger partial charge on any atom is 0.408 e. The van der Waals surface area contributed by atoms with Gasteiger partial charge in [0.15, 0.2) is 5.78 Å². The molecule has 1 N–H and O–H groups in total. The highest BCUT2D eigenvalue weighted by Crippen LogP contribution is 2.02. The molecule has 0 heterocycles. The van der Waals surface area contributed by atoms with Gasteiger partial charge in [-0.1, -0.05) is 44.2 Å². The van der Waals surface area contributed by atoms with E-state index in [0.717, 1.165) is 5.56 Å². The van der Waals surface area contributed by atoms with Gasteiger partial charge >= 0.3 is 6.09 Å². The zero-order valence-corrected chi connectivity index (χ0v) is 11.0. The smallest absolute Gasteiger partial charge is 0.408 e. The third kappa shape index (κ3) is 4.57. The number of ether oxygens (including phenoxy) is 1. The van der Waals surface area contributed by atoms with Crippen LogP contribution in [0.1, 0.15) is 26.3 Å². The first-order valence-electron chi connectivity index (χ1n) is 6.01. The molecule has 1 aromatic carbocycles. The van der Waals surface area contributed by atoms with E-state index in [4.69, 9.17) is 4.74 Å². The molecule has 0 bridgehead atoms. The number of amides is 1. The fourth-order valence-electron chi connectivity index (χ4n) is 1.51. The Morgan fingerprint density at radius 3 is 2.33 bits per heavy atom. The van der Waals surface area contributed by atoms with Gasteiger partial charge in [0.25, 0.3) is 0 Å². The molecule has 0 aliphatic rings. The van der Waals surface area contributed by atoms with E-state index in [0.29, 0.717) is 0 Å². The van der Waals surface area contributed by atoms with Crippen molar-refractivity contribution >= 4 is 11.9 Å². The zero-order valence-electron chi connectivity index (χ0n) is 11.0. The molecule has 0 radical (unpaired) electrons. The van der Waals surface area contributed by atoms with Crippen LogP contribution in [0.4, 0.5) is 4.79 Å². The third-order valence-electron chi connectivity index (χ3n) is 2.54. The molecule has 1 aromatic rings. The lowest BCUT2D eigenvalue weighted by Gasteiger charge is -2.14. The topological polar surface area (TPSA) is 55.4 Å². The molecule has 0 aromatic heterocycles. The minimum Gasteiger partial charge on any atom is -0.445 e. The van der Waals surface area contributed by atoms with Crippen LogP contribution < -0.4 is 5.32 Å². The van der Waals surface area contributed by atoms with Crippen molar-refractivity contribution in [3.05, 3.63) is 35.9 Å². The van der Waals surface area contributed by atoms with Crippen LogP contribution in [0.25, 0.3) is 0 Å². The number of rotatable bonds is 5. The number of nitrogens with one attached hydrogen (secondary N) is 1. The van der Waals surface area contributed by atoms with Crippen LogP contribution in [-0.4, -0.2) is 17.9 Å². The standard InChI is InChI=1S/C14H19NO3/c1-10(2)13(16)11(3)15-14(17)18-9-12-7-5-4-6-8-12/h4-8,10-11H,9H2,1-3H3,(H,15,17)/t11-/m0/s1. The summed E-state index contributed by atoms with van der Waals surface area (Å²) in [6.45, 7) is 5.47. The second-order valence-electron chi connectivity index (χ2n) is 4.48. The highest BCUT2D eigenvalue weighted by atomic mass is 16.5. The molecule has 4 heteroatoms. The minimum absolute atomic E-state index is 0.00772. The Balaban J connectivity index is 2.36. The molecular formula is C14H19NO3. The molecule has 18 heavy (non-hydrogen) atoms. The molecule has 1 atom stereocenters. The monoisotopic (exact) mass is 249 g/mol. The van der Waals surface area contributed by atoms with Crippen molar-refractivity contribution in [1.29, 1.82) is 0 Å². The van der Waals surface area contributed by atoms with Crippen LogP contribution in [0, 0.1) is 5.92 Å². The van der Waals surface area contributed by atoms with Crippen LogP contribution in [0.5, 0.6) is 0 Å². The van der Waals surface area contributed by atoms with Crippen LogP contribution in [0.15, 0.2) is 30.3 Å². The quantitative estimate of drug-likeness (QED) is 0.872. The van der Waals surface area contributed by atoms with E-state index in [9.17, 15) is 9.59 Å². The molecule has 1 rings (SSSR count). The van der Waals surface area contributed by atoms with E-state index in [1.54, 1.807) is 20.8 Å². The Bertz CT molecular complexity index is 401. The number of carbonyl (C=O) groups is 2. The summed E-state index contributed by atoms with van der Waals surface area (Å²) >= 11 is 0. The summed E-state index contributed by atoms with van der Waals surface area (Å²) < 4.78 is 5.03. The van der Waals surface area contributed by atoms with Gasteiger partial charge in [0, 0.05) is 5.92 Å². The van der Waals surface area contributed by atoms with Crippen molar-refractivity contribution in [3.63, 3.8) is 0 Å². The molecule has 0 saturated heterocycles. The summed E-state index contributed by atoms with van der Waals surface area (Å²) in [5.41, 5.74) is 0.912. The molecule has 4 nitrogen and oxygen atoms in total. The Kier molecular flexibility index (Phi) is 5.36. The van der Waals surface area contributed by atoms with Gasteiger partial charge in [0.1, 0.15) is 6.61 Å². The van der Waals surface area contributed by atoms with Crippen molar-refractivity contribution in [2.75, 3.05) is 0 Å². The molecule has 0 unspecified atom stereocenters. The number of carbonyl (C=O) groups excluding carboxylic acids is 2. The summed E-state index contributed by atoms with van der Waals surface area (Å²) in [5.74, 6) is -0.110. The maximum absolute atomic E-state index is 11.6. The lowest BCUT2D eigenvalue weighted by atomic mass is 10.0. The average Bonchev–Trinajstić information content (AvgIpc) is 2.36. The van der Waals surface area contributed by atoms with Gasteiger partial charge in [-0.3, -0.25) is 4.79 Å². The number of hydrogen-bond acceptors (Lipinski definition) is 3.